The van der Waals surface area contributed by atoms with Crippen LogP contribution in [0.4, 0.5) is 8.78 Å². The van der Waals surface area contributed by atoms with Gasteiger partial charge in [-0.1, -0.05) is 19.1 Å². The first kappa shape index (κ1) is 18.7. The van der Waals surface area contributed by atoms with Gasteiger partial charge in [0.05, 0.1) is 6.10 Å². The lowest BCUT2D eigenvalue weighted by molar-refractivity contribution is -0.192. The number of hydrogen-bond donors (Lipinski definition) is 2. The summed E-state index contributed by atoms with van der Waals surface area (Å²) in [5.74, 6) is -1.96. The van der Waals surface area contributed by atoms with E-state index in [0.717, 1.165) is 6.08 Å². The Morgan fingerprint density at radius 2 is 2.04 bits per heavy atom. The number of Topliss-reactive ketones (excluding diaryl/α,β-unsaturated/α-hetero) is 1. The van der Waals surface area contributed by atoms with Crippen molar-refractivity contribution >= 4 is 11.6 Å². The Labute approximate surface area is 156 Å². The molecule has 0 saturated heterocycles. The van der Waals surface area contributed by atoms with Gasteiger partial charge in [0.25, 0.3) is 0 Å². The van der Waals surface area contributed by atoms with Gasteiger partial charge < -0.3 is 10.2 Å². The largest absolute Gasteiger partial charge is 0.390 e. The average Bonchev–Trinajstić information content (AvgIpc) is 2.95. The van der Waals surface area contributed by atoms with Crippen LogP contribution in [0.1, 0.15) is 33.1 Å². The van der Waals surface area contributed by atoms with E-state index in [1.54, 1.807) is 19.9 Å². The highest BCUT2D eigenvalue weighted by Gasteiger charge is 2.71. The number of hydrogen-bond acceptors (Lipinski definition) is 4. The van der Waals surface area contributed by atoms with Gasteiger partial charge in [0, 0.05) is 16.7 Å². The second kappa shape index (κ2) is 5.67. The van der Waals surface area contributed by atoms with Crippen molar-refractivity contribution in [3.05, 3.63) is 35.5 Å². The number of halogens is 2. The number of carbonyl (C=O) groups is 2. The number of fused-ring (bicyclic) bond motifs is 5. The first-order valence-corrected chi connectivity index (χ1v) is 9.40. The van der Waals surface area contributed by atoms with Gasteiger partial charge in [0.2, 0.25) is 0 Å². The maximum Gasteiger partial charge on any atom is 0.184 e. The minimum absolute atomic E-state index is 0.0177. The molecule has 2 saturated carbocycles. The van der Waals surface area contributed by atoms with Crippen LogP contribution in [0.3, 0.4) is 0 Å². The Balaban J connectivity index is 1.82. The molecule has 2 fully saturated rings. The molecule has 4 aliphatic rings. The SMILES string of the molecule is C[C@]12C=CC(=O)C=C1[C@@H](F)C[C@H]1[C@@H]3CC=C(C(=O)CO)[C@@]3(C)C[C@H](O)C12F. The van der Waals surface area contributed by atoms with Crippen molar-refractivity contribution in [2.24, 2.45) is 22.7 Å². The number of aliphatic hydroxyl groups is 2. The number of alkyl halides is 2. The van der Waals surface area contributed by atoms with Crippen LogP contribution in [0.15, 0.2) is 35.5 Å². The third-order valence-corrected chi connectivity index (χ3v) is 7.65. The van der Waals surface area contributed by atoms with E-state index in [-0.39, 0.29) is 30.1 Å². The van der Waals surface area contributed by atoms with Crippen LogP contribution in [0.25, 0.3) is 0 Å². The van der Waals surface area contributed by atoms with Gasteiger partial charge >= 0.3 is 0 Å². The van der Waals surface area contributed by atoms with Crippen molar-refractivity contribution in [1.29, 1.82) is 0 Å². The normalized spacial score (nSPS) is 48.3. The van der Waals surface area contributed by atoms with Gasteiger partial charge in [-0.05, 0) is 55.4 Å². The molecule has 6 heteroatoms. The zero-order chi connectivity index (χ0) is 19.8. The van der Waals surface area contributed by atoms with Crippen LogP contribution in [0.5, 0.6) is 0 Å². The fourth-order valence-electron chi connectivity index (χ4n) is 6.29. The Morgan fingerprint density at radius 1 is 1.33 bits per heavy atom. The van der Waals surface area contributed by atoms with E-state index in [1.807, 2.05) is 0 Å². The van der Waals surface area contributed by atoms with Crippen LogP contribution in [-0.2, 0) is 9.59 Å². The molecule has 4 aliphatic carbocycles. The molecule has 0 aliphatic heterocycles. The lowest BCUT2D eigenvalue weighted by atomic mass is 9.45. The van der Waals surface area contributed by atoms with Crippen molar-refractivity contribution < 1.29 is 28.6 Å². The van der Waals surface area contributed by atoms with Crippen LogP contribution < -0.4 is 0 Å². The number of aliphatic hydroxyl groups excluding tert-OH is 2. The van der Waals surface area contributed by atoms with Gasteiger partial charge in [-0.2, -0.15) is 0 Å². The molecule has 2 N–H and O–H groups in total. The summed E-state index contributed by atoms with van der Waals surface area (Å²) in [5, 5.41) is 20.2. The lowest BCUT2D eigenvalue weighted by Crippen LogP contribution is -2.68. The molecule has 0 aromatic carbocycles. The first-order valence-electron chi connectivity index (χ1n) is 9.40. The molecule has 146 valence electrons. The molecule has 27 heavy (non-hydrogen) atoms. The van der Waals surface area contributed by atoms with E-state index in [9.17, 15) is 19.8 Å². The zero-order valence-electron chi connectivity index (χ0n) is 15.4. The summed E-state index contributed by atoms with van der Waals surface area (Å²) < 4.78 is 31.8. The monoisotopic (exact) mass is 378 g/mol. The molecular formula is C21H24F2O4. The van der Waals surface area contributed by atoms with Gasteiger partial charge in [-0.25, -0.2) is 8.78 Å². The third-order valence-electron chi connectivity index (χ3n) is 7.65. The summed E-state index contributed by atoms with van der Waals surface area (Å²) in [6.45, 7) is 2.71. The summed E-state index contributed by atoms with van der Waals surface area (Å²) in [4.78, 5) is 23.9. The number of allylic oxidation sites excluding steroid dienone is 5. The molecular weight excluding hydrogens is 354 g/mol. The fraction of sp³-hybridized carbons (Fsp3) is 0.619. The maximum atomic E-state index is 16.7. The van der Waals surface area contributed by atoms with Crippen LogP contribution >= 0.6 is 0 Å². The minimum Gasteiger partial charge on any atom is -0.390 e. The highest BCUT2D eigenvalue weighted by Crippen LogP contribution is 2.68. The van der Waals surface area contributed by atoms with Crippen molar-refractivity contribution in [2.75, 3.05) is 6.61 Å². The van der Waals surface area contributed by atoms with Crippen LogP contribution in [0.2, 0.25) is 0 Å². The highest BCUT2D eigenvalue weighted by molar-refractivity contribution is 6.01. The molecule has 7 atom stereocenters. The molecule has 0 radical (unpaired) electrons. The standard InChI is InChI=1S/C21H24F2O4/c1-19-9-18(27)21(23)14(12(19)3-4-13(19)17(26)10-24)8-16(22)15-7-11(25)5-6-20(15,21)2/h4-7,12,14,16,18,24,27H,3,8-10H2,1-2H3/t12-,14-,16-,18-,19-,20-,21?/m0/s1. The van der Waals surface area contributed by atoms with E-state index < -0.39 is 47.1 Å². The minimum atomic E-state index is -2.13. The van der Waals surface area contributed by atoms with E-state index in [1.165, 1.54) is 12.2 Å². The topological polar surface area (TPSA) is 74.6 Å². The third kappa shape index (κ3) is 2.14. The predicted octanol–water partition coefficient (Wildman–Crippen LogP) is 2.40. The first-order chi connectivity index (χ1) is 12.6. The quantitative estimate of drug-likeness (QED) is 0.774. The van der Waals surface area contributed by atoms with E-state index in [0.29, 0.717) is 12.0 Å². The van der Waals surface area contributed by atoms with E-state index in [2.05, 4.69) is 0 Å². The highest BCUT2D eigenvalue weighted by atomic mass is 19.1. The summed E-state index contributed by atoms with van der Waals surface area (Å²) in [5.41, 5.74) is -3.84. The Hall–Kier alpha value is -1.66. The van der Waals surface area contributed by atoms with Gasteiger partial charge in [0.15, 0.2) is 17.2 Å². The Bertz CT molecular complexity index is 815. The molecule has 0 aromatic rings. The molecule has 0 aromatic heterocycles. The van der Waals surface area contributed by atoms with Crippen LogP contribution in [-0.4, -0.2) is 46.3 Å². The zero-order valence-corrected chi connectivity index (χ0v) is 15.4. The molecule has 0 spiro atoms. The van der Waals surface area contributed by atoms with Crippen LogP contribution in [0, 0.1) is 22.7 Å². The van der Waals surface area contributed by atoms with E-state index in [4.69, 9.17) is 0 Å². The second-order valence-electron chi connectivity index (χ2n) is 8.79. The smallest absolute Gasteiger partial charge is 0.184 e. The number of carbonyl (C=O) groups excluding carboxylic acids is 2. The molecule has 4 rings (SSSR count). The van der Waals surface area contributed by atoms with Crippen molar-refractivity contribution in [3.63, 3.8) is 0 Å². The molecule has 1 unspecified atom stereocenters. The summed E-state index contributed by atoms with van der Waals surface area (Å²) >= 11 is 0. The van der Waals surface area contributed by atoms with Crippen molar-refractivity contribution in [2.45, 2.75) is 51.1 Å². The summed E-state index contributed by atoms with van der Waals surface area (Å²) in [6, 6.07) is 0. The maximum absolute atomic E-state index is 16.7. The molecule has 4 nitrogen and oxygen atoms in total. The Morgan fingerprint density at radius 3 is 2.70 bits per heavy atom. The summed E-state index contributed by atoms with van der Waals surface area (Å²) in [6.07, 6.45) is 2.91. The summed E-state index contributed by atoms with van der Waals surface area (Å²) in [7, 11) is 0. The van der Waals surface area contributed by atoms with Gasteiger partial charge in [-0.15, -0.1) is 0 Å². The molecule has 0 bridgehead atoms. The predicted molar refractivity (Wildman–Crippen MR) is 94.2 cm³/mol. The van der Waals surface area contributed by atoms with Gasteiger partial charge in [-0.3, -0.25) is 9.59 Å². The number of ketones is 2. The fourth-order valence-corrected chi connectivity index (χ4v) is 6.29. The lowest BCUT2D eigenvalue weighted by Gasteiger charge is -2.62. The van der Waals surface area contributed by atoms with Gasteiger partial charge in [0.1, 0.15) is 12.8 Å². The second-order valence-corrected chi connectivity index (χ2v) is 8.79. The number of rotatable bonds is 2. The van der Waals surface area contributed by atoms with E-state index >= 15 is 8.78 Å². The van der Waals surface area contributed by atoms with Crippen molar-refractivity contribution in [1.82, 2.24) is 0 Å². The average molecular weight is 378 g/mol. The molecule has 0 heterocycles. The van der Waals surface area contributed by atoms with Crippen molar-refractivity contribution in [3.8, 4) is 0 Å². The molecule has 0 amide bonds. The Kier molecular flexibility index (Phi) is 3.93.